The van der Waals surface area contributed by atoms with Gasteiger partial charge in [0.2, 0.25) is 10.0 Å². The molecule has 0 amide bonds. The van der Waals surface area contributed by atoms with Crippen molar-refractivity contribution in [2.75, 3.05) is 37.7 Å². The van der Waals surface area contributed by atoms with Gasteiger partial charge in [0.05, 0.1) is 16.5 Å². The first kappa shape index (κ1) is 22.9. The van der Waals surface area contributed by atoms with Gasteiger partial charge in [0, 0.05) is 37.9 Å². The van der Waals surface area contributed by atoms with Crippen molar-refractivity contribution >= 4 is 27.3 Å². The highest BCUT2D eigenvalue weighted by atomic mass is 35.5. The van der Waals surface area contributed by atoms with Crippen molar-refractivity contribution in [3.05, 3.63) is 52.5 Å². The van der Waals surface area contributed by atoms with Gasteiger partial charge in [-0.15, -0.1) is 0 Å². The number of benzene rings is 2. The lowest BCUT2D eigenvalue weighted by molar-refractivity contribution is 0.305. The number of aryl methyl sites for hydroxylation is 1. The van der Waals surface area contributed by atoms with Crippen LogP contribution in [0.4, 0.5) is 5.69 Å². The third kappa shape index (κ3) is 5.10. The molecule has 0 radical (unpaired) electrons. The van der Waals surface area contributed by atoms with Crippen LogP contribution in [0.2, 0.25) is 5.02 Å². The Hall–Kier alpha value is -1.76. The lowest BCUT2D eigenvalue weighted by Crippen LogP contribution is -2.48. The van der Waals surface area contributed by atoms with E-state index in [0.717, 1.165) is 19.3 Å². The minimum atomic E-state index is -3.59. The van der Waals surface area contributed by atoms with Gasteiger partial charge in [0.1, 0.15) is 5.75 Å². The summed E-state index contributed by atoms with van der Waals surface area (Å²) in [6.07, 6.45) is 3.09. The summed E-state index contributed by atoms with van der Waals surface area (Å²) >= 11 is 6.22. The summed E-state index contributed by atoms with van der Waals surface area (Å²) in [6, 6.07) is 11.0. The molecule has 0 unspecified atom stereocenters. The Morgan fingerprint density at radius 1 is 1.03 bits per heavy atom. The Morgan fingerprint density at radius 2 is 1.77 bits per heavy atom. The van der Waals surface area contributed by atoms with Crippen LogP contribution in [0.1, 0.15) is 37.3 Å². The maximum absolute atomic E-state index is 13.2. The zero-order valence-corrected chi connectivity index (χ0v) is 19.6. The van der Waals surface area contributed by atoms with Crippen LogP contribution in [0, 0.1) is 13.8 Å². The molecule has 2 aromatic rings. The van der Waals surface area contributed by atoms with Crippen LogP contribution in [0.25, 0.3) is 0 Å². The monoisotopic (exact) mass is 450 g/mol. The van der Waals surface area contributed by atoms with Gasteiger partial charge in [-0.2, -0.15) is 4.31 Å². The number of unbranched alkanes of at least 4 members (excludes halogenated alkanes) is 2. The van der Waals surface area contributed by atoms with Crippen molar-refractivity contribution < 1.29 is 13.2 Å². The number of piperazine rings is 1. The van der Waals surface area contributed by atoms with Gasteiger partial charge >= 0.3 is 0 Å². The van der Waals surface area contributed by atoms with E-state index >= 15 is 0 Å². The van der Waals surface area contributed by atoms with Crippen molar-refractivity contribution in [3.8, 4) is 5.75 Å². The number of nitrogens with zero attached hydrogens (tertiary/aromatic N) is 2. The number of anilines is 1. The molecule has 0 spiro atoms. The first-order valence-corrected chi connectivity index (χ1v) is 12.4. The summed E-state index contributed by atoms with van der Waals surface area (Å²) in [5, 5.41) is 0.435. The first-order valence-electron chi connectivity index (χ1n) is 10.6. The number of hydrogen-bond donors (Lipinski definition) is 0. The van der Waals surface area contributed by atoms with Crippen molar-refractivity contribution in [1.82, 2.24) is 4.31 Å². The van der Waals surface area contributed by atoms with Crippen molar-refractivity contribution in [1.29, 1.82) is 0 Å². The van der Waals surface area contributed by atoms with E-state index in [9.17, 15) is 8.42 Å². The van der Waals surface area contributed by atoms with Gasteiger partial charge in [-0.05, 0) is 49.6 Å². The topological polar surface area (TPSA) is 49.9 Å². The number of sulfonamides is 1. The molecule has 0 N–H and O–H groups in total. The molecule has 0 saturated carbocycles. The summed E-state index contributed by atoms with van der Waals surface area (Å²) in [6.45, 7) is 9.10. The lowest BCUT2D eigenvalue weighted by Gasteiger charge is -2.36. The summed E-state index contributed by atoms with van der Waals surface area (Å²) in [5.74, 6) is 0.433. The normalized spacial score (nSPS) is 15.4. The second kappa shape index (κ2) is 10.0. The highest BCUT2D eigenvalue weighted by Gasteiger charge is 2.29. The summed E-state index contributed by atoms with van der Waals surface area (Å²) in [7, 11) is -3.59. The van der Waals surface area contributed by atoms with Crippen molar-refractivity contribution in [2.24, 2.45) is 0 Å². The maximum atomic E-state index is 13.2. The van der Waals surface area contributed by atoms with Crippen LogP contribution in [-0.2, 0) is 10.0 Å². The number of rotatable bonds is 8. The molecule has 1 fully saturated rings. The van der Waals surface area contributed by atoms with Crippen LogP contribution in [0.15, 0.2) is 41.3 Å². The molecule has 0 atom stereocenters. The Balaban J connectivity index is 1.70. The standard InChI is InChI=1S/C23H31ClN2O3S/c1-4-5-6-16-29-23-17-20(10-11-21(23)24)30(27,28)26-14-12-25(13-15-26)22-9-7-8-18(2)19(22)3/h7-11,17H,4-6,12-16H2,1-3H3. The molecule has 164 valence electrons. The fourth-order valence-corrected chi connectivity index (χ4v) is 5.30. The molecule has 1 heterocycles. The van der Waals surface area contributed by atoms with Crippen molar-refractivity contribution in [3.63, 3.8) is 0 Å². The number of ether oxygens (including phenoxy) is 1. The molecule has 0 bridgehead atoms. The lowest BCUT2D eigenvalue weighted by atomic mass is 10.1. The molecule has 2 aromatic carbocycles. The van der Waals surface area contributed by atoms with Gasteiger partial charge in [-0.3, -0.25) is 0 Å². The van der Waals surface area contributed by atoms with Crippen LogP contribution < -0.4 is 9.64 Å². The highest BCUT2D eigenvalue weighted by molar-refractivity contribution is 7.89. The van der Waals surface area contributed by atoms with E-state index in [1.54, 1.807) is 22.5 Å². The molecule has 0 aromatic heterocycles. The van der Waals surface area contributed by atoms with E-state index in [1.165, 1.54) is 16.8 Å². The predicted octanol–water partition coefficient (Wildman–Crippen LogP) is 5.04. The molecule has 3 rings (SSSR count). The molecular formula is C23H31ClN2O3S. The van der Waals surface area contributed by atoms with E-state index in [4.69, 9.17) is 16.3 Å². The first-order chi connectivity index (χ1) is 14.3. The highest BCUT2D eigenvalue weighted by Crippen LogP contribution is 2.30. The van der Waals surface area contributed by atoms with E-state index in [-0.39, 0.29) is 4.90 Å². The zero-order valence-electron chi connectivity index (χ0n) is 18.0. The second-order valence-corrected chi connectivity index (χ2v) is 10.1. The molecule has 1 aliphatic rings. The largest absolute Gasteiger partial charge is 0.492 e. The van der Waals surface area contributed by atoms with Gasteiger partial charge in [-0.25, -0.2) is 8.42 Å². The van der Waals surface area contributed by atoms with Gasteiger partial charge in [0.25, 0.3) is 0 Å². The third-order valence-corrected chi connectivity index (χ3v) is 7.91. The van der Waals surface area contributed by atoms with E-state index in [2.05, 4.69) is 43.9 Å². The van der Waals surface area contributed by atoms with Crippen LogP contribution in [-0.4, -0.2) is 45.5 Å². The Kier molecular flexibility index (Phi) is 7.66. The molecule has 7 heteroatoms. The van der Waals surface area contributed by atoms with Crippen LogP contribution in [0.5, 0.6) is 5.75 Å². The predicted molar refractivity (Wildman–Crippen MR) is 123 cm³/mol. The van der Waals surface area contributed by atoms with E-state index in [1.807, 2.05) is 0 Å². The quantitative estimate of drug-likeness (QED) is 0.529. The average molecular weight is 451 g/mol. The zero-order chi connectivity index (χ0) is 21.7. The minimum absolute atomic E-state index is 0.234. The Bertz CT molecular complexity index is 970. The molecule has 1 aliphatic heterocycles. The van der Waals surface area contributed by atoms with Gasteiger partial charge < -0.3 is 9.64 Å². The summed E-state index contributed by atoms with van der Waals surface area (Å²) in [5.41, 5.74) is 3.67. The van der Waals surface area contributed by atoms with E-state index in [0.29, 0.717) is 43.6 Å². The molecule has 5 nitrogen and oxygen atoms in total. The molecule has 1 saturated heterocycles. The van der Waals surface area contributed by atoms with Crippen LogP contribution >= 0.6 is 11.6 Å². The molecular weight excluding hydrogens is 420 g/mol. The molecule has 30 heavy (non-hydrogen) atoms. The van der Waals surface area contributed by atoms with Gasteiger partial charge in [0.15, 0.2) is 0 Å². The Labute approximate surface area is 185 Å². The minimum Gasteiger partial charge on any atom is -0.492 e. The molecule has 0 aliphatic carbocycles. The summed E-state index contributed by atoms with van der Waals surface area (Å²) in [4.78, 5) is 2.50. The van der Waals surface area contributed by atoms with Crippen molar-refractivity contribution in [2.45, 2.75) is 44.9 Å². The van der Waals surface area contributed by atoms with Crippen LogP contribution in [0.3, 0.4) is 0 Å². The number of hydrogen-bond acceptors (Lipinski definition) is 4. The Morgan fingerprint density at radius 3 is 2.47 bits per heavy atom. The number of halogens is 1. The smallest absolute Gasteiger partial charge is 0.243 e. The third-order valence-electron chi connectivity index (χ3n) is 5.70. The second-order valence-electron chi connectivity index (χ2n) is 7.76. The SMILES string of the molecule is CCCCCOc1cc(S(=O)(=O)N2CCN(c3cccc(C)c3C)CC2)ccc1Cl. The average Bonchev–Trinajstić information content (AvgIpc) is 2.74. The van der Waals surface area contributed by atoms with E-state index < -0.39 is 10.0 Å². The fraction of sp³-hybridized carbons (Fsp3) is 0.478. The van der Waals surface area contributed by atoms with Gasteiger partial charge in [-0.1, -0.05) is 43.5 Å². The maximum Gasteiger partial charge on any atom is 0.243 e. The fourth-order valence-electron chi connectivity index (χ4n) is 3.69. The summed E-state index contributed by atoms with van der Waals surface area (Å²) < 4.78 is 33.7.